The lowest BCUT2D eigenvalue weighted by molar-refractivity contribution is 0.410. The fraction of sp³-hybridized carbons (Fsp3) is 0.571. The molecule has 94 valence electrons. The van der Waals surface area contributed by atoms with Crippen molar-refractivity contribution in [3.63, 3.8) is 0 Å². The molecule has 0 radical (unpaired) electrons. The minimum absolute atomic E-state index is 0.263. The van der Waals surface area contributed by atoms with Crippen molar-refractivity contribution >= 4 is 5.69 Å². The van der Waals surface area contributed by atoms with Crippen LogP contribution in [-0.2, 0) is 0 Å². The third-order valence-electron chi connectivity index (χ3n) is 3.65. The van der Waals surface area contributed by atoms with Gasteiger partial charge in [0.05, 0.1) is 12.8 Å². The Morgan fingerprint density at radius 2 is 2.06 bits per heavy atom. The average Bonchev–Trinajstić information content (AvgIpc) is 2.85. The van der Waals surface area contributed by atoms with Crippen LogP contribution in [0.25, 0.3) is 0 Å². The Morgan fingerprint density at radius 1 is 1.35 bits per heavy atom. The Balaban J connectivity index is 2.06. The normalized spacial score (nSPS) is 18.1. The van der Waals surface area contributed by atoms with Gasteiger partial charge in [0.1, 0.15) is 11.6 Å². The molecule has 1 aliphatic carbocycles. The van der Waals surface area contributed by atoms with Crippen molar-refractivity contribution in [2.45, 2.75) is 38.6 Å². The second kappa shape index (κ2) is 5.39. The average molecular weight is 237 g/mol. The van der Waals surface area contributed by atoms with Crippen LogP contribution in [0.15, 0.2) is 18.2 Å². The van der Waals surface area contributed by atoms with Crippen LogP contribution >= 0.6 is 0 Å². The molecule has 17 heavy (non-hydrogen) atoms. The summed E-state index contributed by atoms with van der Waals surface area (Å²) in [6, 6.07) is 5.05. The van der Waals surface area contributed by atoms with Crippen molar-refractivity contribution in [1.29, 1.82) is 0 Å². The quantitative estimate of drug-likeness (QED) is 0.859. The number of halogens is 1. The van der Waals surface area contributed by atoms with Crippen molar-refractivity contribution in [2.75, 3.05) is 12.4 Å². The number of rotatable bonds is 4. The molecule has 0 amide bonds. The summed E-state index contributed by atoms with van der Waals surface area (Å²) in [4.78, 5) is 0. The smallest absolute Gasteiger partial charge is 0.144 e. The Morgan fingerprint density at radius 3 is 2.71 bits per heavy atom. The number of ether oxygens (including phenoxy) is 1. The number of benzene rings is 1. The Hall–Kier alpha value is -1.25. The first-order chi connectivity index (χ1) is 8.20. The Bertz CT molecular complexity index is 374. The summed E-state index contributed by atoms with van der Waals surface area (Å²) < 4.78 is 18.3. The summed E-state index contributed by atoms with van der Waals surface area (Å²) in [5.41, 5.74) is 0.883. The molecule has 0 aliphatic heterocycles. The summed E-state index contributed by atoms with van der Waals surface area (Å²) in [6.07, 6.45) is 5.24. The molecule has 2 rings (SSSR count). The van der Waals surface area contributed by atoms with E-state index in [0.29, 0.717) is 11.8 Å². The standard InChI is InChI=1S/C14H20FNO/c1-10(11-5-3-4-6-11)16-13-8-7-12(15)9-14(13)17-2/h7-11,16H,3-6H2,1-2H3. The van der Waals surface area contributed by atoms with Gasteiger partial charge in [0.2, 0.25) is 0 Å². The molecule has 1 aromatic carbocycles. The molecule has 0 aromatic heterocycles. The van der Waals surface area contributed by atoms with Gasteiger partial charge in [0.25, 0.3) is 0 Å². The second-order valence-electron chi connectivity index (χ2n) is 4.82. The first kappa shape index (κ1) is 12.2. The first-order valence-corrected chi connectivity index (χ1v) is 6.31. The van der Waals surface area contributed by atoms with Gasteiger partial charge in [-0.3, -0.25) is 0 Å². The molecule has 2 nitrogen and oxygen atoms in total. The zero-order chi connectivity index (χ0) is 12.3. The highest BCUT2D eigenvalue weighted by Crippen LogP contribution is 2.32. The monoisotopic (exact) mass is 237 g/mol. The molecule has 0 spiro atoms. The molecule has 1 atom stereocenters. The molecular formula is C14H20FNO. The van der Waals surface area contributed by atoms with Crippen LogP contribution in [0.1, 0.15) is 32.6 Å². The van der Waals surface area contributed by atoms with E-state index in [4.69, 9.17) is 4.74 Å². The number of hydrogen-bond donors (Lipinski definition) is 1. The van der Waals surface area contributed by atoms with Crippen LogP contribution in [0.4, 0.5) is 10.1 Å². The van der Waals surface area contributed by atoms with Crippen LogP contribution in [-0.4, -0.2) is 13.2 Å². The van der Waals surface area contributed by atoms with E-state index in [9.17, 15) is 4.39 Å². The van der Waals surface area contributed by atoms with E-state index in [0.717, 1.165) is 11.6 Å². The number of anilines is 1. The minimum Gasteiger partial charge on any atom is -0.494 e. The van der Waals surface area contributed by atoms with E-state index < -0.39 is 0 Å². The van der Waals surface area contributed by atoms with Gasteiger partial charge in [-0.2, -0.15) is 0 Å². The van der Waals surface area contributed by atoms with Gasteiger partial charge in [-0.15, -0.1) is 0 Å². The zero-order valence-electron chi connectivity index (χ0n) is 10.5. The Labute approximate surface area is 102 Å². The molecule has 1 N–H and O–H groups in total. The summed E-state index contributed by atoms with van der Waals surface area (Å²) in [5.74, 6) is 1.04. The SMILES string of the molecule is COc1cc(F)ccc1NC(C)C1CCCC1. The van der Waals surface area contributed by atoms with Crippen LogP contribution < -0.4 is 10.1 Å². The lowest BCUT2D eigenvalue weighted by Gasteiger charge is -2.22. The fourth-order valence-electron chi connectivity index (χ4n) is 2.60. The maximum absolute atomic E-state index is 13.1. The zero-order valence-corrected chi connectivity index (χ0v) is 10.5. The van der Waals surface area contributed by atoms with Crippen LogP contribution in [0.2, 0.25) is 0 Å². The van der Waals surface area contributed by atoms with Gasteiger partial charge in [0, 0.05) is 12.1 Å². The van der Waals surface area contributed by atoms with Gasteiger partial charge >= 0.3 is 0 Å². The maximum atomic E-state index is 13.1. The molecule has 1 aromatic rings. The topological polar surface area (TPSA) is 21.3 Å². The largest absolute Gasteiger partial charge is 0.494 e. The third kappa shape index (κ3) is 2.90. The molecule has 0 heterocycles. The number of nitrogens with one attached hydrogen (secondary N) is 1. The van der Waals surface area contributed by atoms with Crippen LogP contribution in [0.5, 0.6) is 5.75 Å². The van der Waals surface area contributed by atoms with Gasteiger partial charge < -0.3 is 10.1 Å². The summed E-state index contributed by atoms with van der Waals surface area (Å²) >= 11 is 0. The molecule has 1 aliphatic rings. The van der Waals surface area contributed by atoms with Crippen molar-refractivity contribution in [1.82, 2.24) is 0 Å². The lowest BCUT2D eigenvalue weighted by Crippen LogP contribution is -2.24. The van der Waals surface area contributed by atoms with Gasteiger partial charge in [0.15, 0.2) is 0 Å². The Kier molecular flexibility index (Phi) is 3.87. The molecule has 1 fully saturated rings. The molecule has 0 saturated heterocycles. The molecule has 3 heteroatoms. The van der Waals surface area contributed by atoms with E-state index >= 15 is 0 Å². The van der Waals surface area contributed by atoms with E-state index in [1.165, 1.54) is 37.8 Å². The molecule has 1 unspecified atom stereocenters. The summed E-state index contributed by atoms with van der Waals surface area (Å²) in [6.45, 7) is 2.19. The predicted molar refractivity (Wildman–Crippen MR) is 68.0 cm³/mol. The second-order valence-corrected chi connectivity index (χ2v) is 4.82. The first-order valence-electron chi connectivity index (χ1n) is 6.31. The van der Waals surface area contributed by atoms with E-state index in [2.05, 4.69) is 12.2 Å². The van der Waals surface area contributed by atoms with Crippen molar-refractivity contribution in [3.05, 3.63) is 24.0 Å². The van der Waals surface area contributed by atoms with Gasteiger partial charge in [-0.05, 0) is 37.8 Å². The highest BCUT2D eigenvalue weighted by molar-refractivity contribution is 5.57. The van der Waals surface area contributed by atoms with Crippen molar-refractivity contribution < 1.29 is 9.13 Å². The van der Waals surface area contributed by atoms with E-state index in [1.807, 2.05) is 0 Å². The molecule has 0 bridgehead atoms. The fourth-order valence-corrected chi connectivity index (χ4v) is 2.60. The van der Waals surface area contributed by atoms with E-state index in [1.54, 1.807) is 13.2 Å². The van der Waals surface area contributed by atoms with Crippen molar-refractivity contribution in [3.8, 4) is 5.75 Å². The van der Waals surface area contributed by atoms with Crippen molar-refractivity contribution in [2.24, 2.45) is 5.92 Å². The third-order valence-corrected chi connectivity index (χ3v) is 3.65. The summed E-state index contributed by atoms with van der Waals surface area (Å²) in [7, 11) is 1.57. The van der Waals surface area contributed by atoms with E-state index in [-0.39, 0.29) is 5.82 Å². The van der Waals surface area contributed by atoms with Gasteiger partial charge in [-0.1, -0.05) is 12.8 Å². The molecule has 1 saturated carbocycles. The summed E-state index contributed by atoms with van der Waals surface area (Å²) in [5, 5.41) is 3.44. The number of hydrogen-bond acceptors (Lipinski definition) is 2. The van der Waals surface area contributed by atoms with Crippen LogP contribution in [0, 0.1) is 11.7 Å². The highest BCUT2D eigenvalue weighted by Gasteiger charge is 2.22. The van der Waals surface area contributed by atoms with Gasteiger partial charge in [-0.25, -0.2) is 4.39 Å². The van der Waals surface area contributed by atoms with Crippen LogP contribution in [0.3, 0.4) is 0 Å². The maximum Gasteiger partial charge on any atom is 0.144 e. The highest BCUT2D eigenvalue weighted by atomic mass is 19.1. The minimum atomic E-state index is -0.263. The molecular weight excluding hydrogens is 217 g/mol. The lowest BCUT2D eigenvalue weighted by atomic mass is 9.99. The predicted octanol–water partition coefficient (Wildman–Crippen LogP) is 3.82. The number of methoxy groups -OCH3 is 1.